The highest BCUT2D eigenvalue weighted by Gasteiger charge is 1.94. The van der Waals surface area contributed by atoms with E-state index < -0.39 is 0 Å². The predicted molar refractivity (Wildman–Crippen MR) is 62.0 cm³/mol. The third-order valence-corrected chi connectivity index (χ3v) is 3.44. The third-order valence-electron chi connectivity index (χ3n) is 2.11. The second-order valence-electron chi connectivity index (χ2n) is 3.21. The maximum absolute atomic E-state index is 2.20. The van der Waals surface area contributed by atoms with Gasteiger partial charge >= 0.3 is 0 Å². The summed E-state index contributed by atoms with van der Waals surface area (Å²) in [6.07, 6.45) is 0. The molecule has 0 saturated heterocycles. The molecule has 2 radical (unpaired) electrons. The summed E-state index contributed by atoms with van der Waals surface area (Å²) in [5.41, 5.74) is 1.43. The number of hydrogen-bond donors (Lipinski definition) is 0. The van der Waals surface area contributed by atoms with Crippen molar-refractivity contribution in [2.24, 2.45) is 0 Å². The molecule has 68 valence electrons. The predicted octanol–water partition coefficient (Wildman–Crippen LogP) is 2.22. The number of rotatable bonds is 3. The minimum absolute atomic E-state index is 0.882. The SMILES string of the molecule is c1ccc(C[Si]c2ccccc2)cc1. The molecular weight excluding hydrogens is 184 g/mol. The quantitative estimate of drug-likeness (QED) is 0.660. The van der Waals surface area contributed by atoms with E-state index in [1.807, 2.05) is 0 Å². The van der Waals surface area contributed by atoms with Crippen LogP contribution in [0, 0.1) is 0 Å². The van der Waals surface area contributed by atoms with Gasteiger partial charge in [-0.05, 0) is 6.04 Å². The van der Waals surface area contributed by atoms with E-state index in [0.29, 0.717) is 0 Å². The maximum atomic E-state index is 2.20. The van der Waals surface area contributed by atoms with Gasteiger partial charge < -0.3 is 0 Å². The van der Waals surface area contributed by atoms with Gasteiger partial charge in [0.05, 0.1) is 9.52 Å². The van der Waals surface area contributed by atoms with E-state index in [2.05, 4.69) is 60.7 Å². The molecule has 0 atom stereocenters. The normalized spacial score (nSPS) is 10.0. The molecule has 0 aliphatic heterocycles. The molecule has 1 heteroatoms. The molecule has 2 aromatic rings. The Hall–Kier alpha value is -1.34. The minimum Gasteiger partial charge on any atom is -0.0639 e. The van der Waals surface area contributed by atoms with Crippen LogP contribution in [-0.2, 0) is 6.04 Å². The maximum Gasteiger partial charge on any atom is 0.0855 e. The first kappa shape index (κ1) is 9.22. The molecule has 0 bridgehead atoms. The van der Waals surface area contributed by atoms with Crippen LogP contribution in [0.4, 0.5) is 0 Å². The lowest BCUT2D eigenvalue weighted by Gasteiger charge is -1.99. The molecule has 0 amide bonds. The highest BCUT2D eigenvalue weighted by atomic mass is 28.2. The summed E-state index contributed by atoms with van der Waals surface area (Å²) < 4.78 is 0. The summed E-state index contributed by atoms with van der Waals surface area (Å²) in [6, 6.07) is 22.5. The first-order valence-corrected chi connectivity index (χ1v) is 5.99. The molecule has 0 fully saturated rings. The number of hydrogen-bond acceptors (Lipinski definition) is 0. The molecular formula is C13H12Si. The molecule has 0 aromatic heterocycles. The molecule has 0 unspecified atom stereocenters. The Balaban J connectivity index is 1.96. The lowest BCUT2D eigenvalue weighted by atomic mass is 10.2. The van der Waals surface area contributed by atoms with Crippen molar-refractivity contribution in [3.8, 4) is 0 Å². The van der Waals surface area contributed by atoms with Gasteiger partial charge in [0.15, 0.2) is 0 Å². The van der Waals surface area contributed by atoms with Crippen molar-refractivity contribution in [2.45, 2.75) is 6.04 Å². The Morgan fingerprint density at radius 2 is 1.29 bits per heavy atom. The van der Waals surface area contributed by atoms with Gasteiger partial charge in [-0.3, -0.25) is 0 Å². The van der Waals surface area contributed by atoms with E-state index >= 15 is 0 Å². The third kappa shape index (κ3) is 2.57. The Kier molecular flexibility index (Phi) is 3.14. The van der Waals surface area contributed by atoms with Crippen LogP contribution in [0.1, 0.15) is 5.56 Å². The minimum atomic E-state index is 0.882. The molecule has 2 rings (SSSR count). The average molecular weight is 196 g/mol. The zero-order chi connectivity index (χ0) is 9.64. The molecule has 14 heavy (non-hydrogen) atoms. The average Bonchev–Trinajstić information content (AvgIpc) is 2.29. The molecule has 0 heterocycles. The van der Waals surface area contributed by atoms with Crippen LogP contribution in [0.15, 0.2) is 60.7 Å². The van der Waals surface area contributed by atoms with Crippen LogP contribution in [-0.4, -0.2) is 9.52 Å². The van der Waals surface area contributed by atoms with E-state index in [4.69, 9.17) is 0 Å². The molecule has 0 nitrogen and oxygen atoms in total. The van der Waals surface area contributed by atoms with Crippen molar-refractivity contribution in [1.82, 2.24) is 0 Å². The lowest BCUT2D eigenvalue weighted by Crippen LogP contribution is -2.15. The zero-order valence-corrected chi connectivity index (χ0v) is 8.98. The molecule has 0 aliphatic rings. The van der Waals surface area contributed by atoms with E-state index in [9.17, 15) is 0 Å². The monoisotopic (exact) mass is 196 g/mol. The smallest absolute Gasteiger partial charge is 0.0639 e. The summed E-state index contributed by atoms with van der Waals surface area (Å²) >= 11 is 0. The molecule has 0 N–H and O–H groups in total. The Morgan fingerprint density at radius 1 is 0.714 bits per heavy atom. The van der Waals surface area contributed by atoms with Crippen LogP contribution >= 0.6 is 0 Å². The van der Waals surface area contributed by atoms with E-state index in [0.717, 1.165) is 15.6 Å². The van der Waals surface area contributed by atoms with Gasteiger partial charge in [0.25, 0.3) is 0 Å². The van der Waals surface area contributed by atoms with Gasteiger partial charge in [0.1, 0.15) is 0 Å². The van der Waals surface area contributed by atoms with Crippen molar-refractivity contribution in [2.75, 3.05) is 0 Å². The molecule has 2 aromatic carbocycles. The van der Waals surface area contributed by atoms with Crippen LogP contribution in [0.5, 0.6) is 0 Å². The van der Waals surface area contributed by atoms with Crippen molar-refractivity contribution in [3.63, 3.8) is 0 Å². The fraction of sp³-hybridized carbons (Fsp3) is 0.0769. The highest BCUT2D eigenvalue weighted by molar-refractivity contribution is 6.52. The Morgan fingerprint density at radius 3 is 1.93 bits per heavy atom. The van der Waals surface area contributed by atoms with Crippen LogP contribution in [0.3, 0.4) is 0 Å². The second-order valence-corrected chi connectivity index (χ2v) is 4.49. The first-order valence-electron chi connectivity index (χ1n) is 4.78. The first-order chi connectivity index (χ1) is 6.95. The van der Waals surface area contributed by atoms with Gasteiger partial charge in [-0.1, -0.05) is 71.4 Å². The molecule has 0 aliphatic carbocycles. The van der Waals surface area contributed by atoms with Crippen molar-refractivity contribution in [3.05, 3.63) is 66.2 Å². The standard InChI is InChI=1S/C13H12Si/c1-3-7-12(8-4-1)11-14-13-9-5-2-6-10-13/h1-10H,11H2. The van der Waals surface area contributed by atoms with Crippen LogP contribution in [0.2, 0.25) is 0 Å². The summed E-state index contributed by atoms with van der Waals surface area (Å²) in [4.78, 5) is 0. The van der Waals surface area contributed by atoms with E-state index in [-0.39, 0.29) is 0 Å². The fourth-order valence-corrected chi connectivity index (χ4v) is 2.43. The molecule has 0 saturated carbocycles. The lowest BCUT2D eigenvalue weighted by molar-refractivity contribution is 1.39. The Labute approximate surface area is 87.4 Å². The Bertz CT molecular complexity index is 327. The molecule has 0 spiro atoms. The van der Waals surface area contributed by atoms with Gasteiger partial charge in [-0.2, -0.15) is 0 Å². The van der Waals surface area contributed by atoms with E-state index in [1.54, 1.807) is 0 Å². The zero-order valence-electron chi connectivity index (χ0n) is 7.98. The van der Waals surface area contributed by atoms with Crippen molar-refractivity contribution >= 4 is 14.7 Å². The summed E-state index contributed by atoms with van der Waals surface area (Å²) in [7, 11) is 0.882. The summed E-state index contributed by atoms with van der Waals surface area (Å²) in [6.45, 7) is 0. The van der Waals surface area contributed by atoms with Gasteiger partial charge in [0, 0.05) is 0 Å². The van der Waals surface area contributed by atoms with Gasteiger partial charge in [-0.15, -0.1) is 0 Å². The van der Waals surface area contributed by atoms with Gasteiger partial charge in [0.2, 0.25) is 0 Å². The van der Waals surface area contributed by atoms with Gasteiger partial charge in [-0.25, -0.2) is 0 Å². The summed E-state index contributed by atoms with van der Waals surface area (Å²) in [5.74, 6) is 0. The largest absolute Gasteiger partial charge is 0.0855 e. The van der Waals surface area contributed by atoms with Crippen molar-refractivity contribution in [1.29, 1.82) is 0 Å². The fourth-order valence-electron chi connectivity index (χ4n) is 1.36. The highest BCUT2D eigenvalue weighted by Crippen LogP contribution is 1.98. The number of benzene rings is 2. The van der Waals surface area contributed by atoms with Crippen molar-refractivity contribution < 1.29 is 0 Å². The second kappa shape index (κ2) is 4.77. The van der Waals surface area contributed by atoms with Crippen LogP contribution in [0.25, 0.3) is 0 Å². The summed E-state index contributed by atoms with van der Waals surface area (Å²) in [5, 5.41) is 1.44. The topological polar surface area (TPSA) is 0 Å². The van der Waals surface area contributed by atoms with E-state index in [1.165, 1.54) is 10.8 Å². The van der Waals surface area contributed by atoms with Crippen LogP contribution < -0.4 is 5.19 Å².